The van der Waals surface area contributed by atoms with Crippen molar-refractivity contribution < 1.29 is 9.53 Å². The molecule has 160 valence electrons. The first-order valence-electron chi connectivity index (χ1n) is 12.0. The SMILES string of the molecule is CCCC[C@H]1[C@@H]2C[C@H]([C@H]3CCCCN31)[C@H](OC(=O)NCCCc1ccccc1)C2. The van der Waals surface area contributed by atoms with Crippen molar-refractivity contribution in [3.05, 3.63) is 35.9 Å². The number of hydrogen-bond donors (Lipinski definition) is 1. The molecule has 1 saturated carbocycles. The number of rotatable bonds is 8. The van der Waals surface area contributed by atoms with Crippen molar-refractivity contribution in [2.75, 3.05) is 13.1 Å². The molecule has 4 rings (SSSR count). The van der Waals surface area contributed by atoms with Crippen LogP contribution in [-0.4, -0.2) is 42.3 Å². The Labute approximate surface area is 176 Å². The highest BCUT2D eigenvalue weighted by Gasteiger charge is 2.52. The smallest absolute Gasteiger partial charge is 0.407 e. The molecule has 2 aliphatic heterocycles. The van der Waals surface area contributed by atoms with E-state index in [0.29, 0.717) is 18.5 Å². The monoisotopic (exact) mass is 398 g/mol. The molecule has 0 spiro atoms. The summed E-state index contributed by atoms with van der Waals surface area (Å²) in [6, 6.07) is 11.8. The fourth-order valence-corrected chi connectivity index (χ4v) is 6.17. The molecule has 3 aliphatic rings. The predicted octanol–water partition coefficient (Wildman–Crippen LogP) is 5.17. The van der Waals surface area contributed by atoms with E-state index in [9.17, 15) is 4.79 Å². The van der Waals surface area contributed by atoms with Crippen LogP contribution in [0.25, 0.3) is 0 Å². The lowest BCUT2D eigenvalue weighted by Crippen LogP contribution is -2.55. The zero-order valence-electron chi connectivity index (χ0n) is 18.0. The summed E-state index contributed by atoms with van der Waals surface area (Å²) in [5.74, 6) is 1.27. The molecule has 2 bridgehead atoms. The van der Waals surface area contributed by atoms with Crippen LogP contribution in [0.15, 0.2) is 30.3 Å². The van der Waals surface area contributed by atoms with Gasteiger partial charge in [0.2, 0.25) is 0 Å². The molecule has 3 fully saturated rings. The average molecular weight is 399 g/mol. The molecule has 1 N–H and O–H groups in total. The number of carbonyl (C=O) groups is 1. The van der Waals surface area contributed by atoms with Crippen LogP contribution in [0.3, 0.4) is 0 Å². The van der Waals surface area contributed by atoms with Crippen LogP contribution in [-0.2, 0) is 11.2 Å². The highest BCUT2D eigenvalue weighted by molar-refractivity contribution is 5.67. The lowest BCUT2D eigenvalue weighted by molar-refractivity contribution is -0.0191. The number of carbonyl (C=O) groups excluding carboxylic acids is 1. The maximum absolute atomic E-state index is 12.5. The molecular weight excluding hydrogens is 360 g/mol. The van der Waals surface area contributed by atoms with Gasteiger partial charge in [-0.2, -0.15) is 0 Å². The highest BCUT2D eigenvalue weighted by Crippen LogP contribution is 2.49. The molecule has 5 atom stereocenters. The summed E-state index contributed by atoms with van der Waals surface area (Å²) >= 11 is 0. The molecule has 1 aromatic rings. The molecule has 1 aromatic carbocycles. The van der Waals surface area contributed by atoms with Crippen LogP contribution in [0.1, 0.15) is 70.3 Å². The van der Waals surface area contributed by atoms with Gasteiger partial charge in [-0.15, -0.1) is 0 Å². The Bertz CT molecular complexity index is 649. The average Bonchev–Trinajstić information content (AvgIpc) is 3.11. The number of piperidine rings is 2. The Hall–Kier alpha value is -1.55. The standard InChI is InChI=1S/C25H38N2O2/c1-2-3-13-22-20-17-21(23-14-7-8-16-27(22)23)24(18-20)29-25(28)26-15-9-12-19-10-5-4-6-11-19/h4-6,10-11,20-24H,2-3,7-9,12-18H2,1H3,(H,26,28)/t20-,21-,22+,23-,24-/m1/s1. The predicted molar refractivity (Wildman–Crippen MR) is 117 cm³/mol. The molecule has 1 aliphatic carbocycles. The second-order valence-electron chi connectivity index (χ2n) is 9.37. The largest absolute Gasteiger partial charge is 0.446 e. The molecule has 29 heavy (non-hydrogen) atoms. The fraction of sp³-hybridized carbons (Fsp3) is 0.720. The first-order chi connectivity index (χ1) is 14.3. The van der Waals surface area contributed by atoms with Gasteiger partial charge in [-0.1, -0.05) is 56.5 Å². The maximum atomic E-state index is 12.5. The highest BCUT2D eigenvalue weighted by atomic mass is 16.6. The quantitative estimate of drug-likeness (QED) is 0.615. The van der Waals surface area contributed by atoms with Crippen LogP contribution < -0.4 is 5.32 Å². The van der Waals surface area contributed by atoms with E-state index in [-0.39, 0.29) is 12.2 Å². The minimum atomic E-state index is -0.205. The Kier molecular flexibility index (Phi) is 7.12. The normalized spacial score (nSPS) is 31.3. The van der Waals surface area contributed by atoms with E-state index in [1.54, 1.807) is 0 Å². The second-order valence-corrected chi connectivity index (χ2v) is 9.37. The molecule has 0 aromatic heterocycles. The van der Waals surface area contributed by atoms with E-state index in [1.165, 1.54) is 57.1 Å². The van der Waals surface area contributed by atoms with E-state index >= 15 is 0 Å². The van der Waals surface area contributed by atoms with Gasteiger partial charge >= 0.3 is 6.09 Å². The summed E-state index contributed by atoms with van der Waals surface area (Å²) in [6.07, 6.45) is 12.1. The van der Waals surface area contributed by atoms with Gasteiger partial charge in [-0.25, -0.2) is 4.79 Å². The Morgan fingerprint density at radius 2 is 2.03 bits per heavy atom. The minimum Gasteiger partial charge on any atom is -0.446 e. The number of aryl methyl sites for hydroxylation is 1. The van der Waals surface area contributed by atoms with Gasteiger partial charge in [0.15, 0.2) is 0 Å². The summed E-state index contributed by atoms with van der Waals surface area (Å²) in [5, 5.41) is 3.00. The van der Waals surface area contributed by atoms with Crippen molar-refractivity contribution >= 4 is 6.09 Å². The van der Waals surface area contributed by atoms with E-state index in [4.69, 9.17) is 4.74 Å². The number of nitrogens with zero attached hydrogens (tertiary/aromatic N) is 1. The Morgan fingerprint density at radius 1 is 1.17 bits per heavy atom. The lowest BCUT2D eigenvalue weighted by Gasteiger charge is -2.49. The van der Waals surface area contributed by atoms with Crippen molar-refractivity contribution in [3.63, 3.8) is 0 Å². The van der Waals surface area contributed by atoms with Gasteiger partial charge < -0.3 is 10.1 Å². The van der Waals surface area contributed by atoms with Crippen LogP contribution in [0.2, 0.25) is 0 Å². The van der Waals surface area contributed by atoms with Crippen LogP contribution in [0.5, 0.6) is 0 Å². The summed E-state index contributed by atoms with van der Waals surface area (Å²) in [7, 11) is 0. The number of ether oxygens (including phenoxy) is 1. The zero-order valence-corrected chi connectivity index (χ0v) is 18.0. The lowest BCUT2D eigenvalue weighted by atomic mass is 9.79. The van der Waals surface area contributed by atoms with Gasteiger partial charge in [0, 0.05) is 24.5 Å². The van der Waals surface area contributed by atoms with Crippen LogP contribution in [0.4, 0.5) is 4.79 Å². The number of nitrogens with one attached hydrogen (secondary N) is 1. The van der Waals surface area contributed by atoms with E-state index in [2.05, 4.69) is 41.4 Å². The zero-order chi connectivity index (χ0) is 20.1. The molecule has 0 radical (unpaired) electrons. The molecule has 0 unspecified atom stereocenters. The van der Waals surface area contributed by atoms with Gasteiger partial charge in [0.1, 0.15) is 6.10 Å². The molecule has 1 amide bonds. The van der Waals surface area contributed by atoms with Crippen LogP contribution in [0, 0.1) is 11.8 Å². The number of alkyl carbamates (subject to hydrolysis) is 1. The molecular formula is C25H38N2O2. The van der Waals surface area contributed by atoms with Crippen molar-refractivity contribution in [2.45, 2.75) is 89.3 Å². The molecule has 4 nitrogen and oxygen atoms in total. The second kappa shape index (κ2) is 9.97. The van der Waals surface area contributed by atoms with Gasteiger partial charge in [0.25, 0.3) is 0 Å². The van der Waals surface area contributed by atoms with E-state index < -0.39 is 0 Å². The molecule has 4 heteroatoms. The molecule has 2 saturated heterocycles. The van der Waals surface area contributed by atoms with Gasteiger partial charge in [0.05, 0.1) is 0 Å². The first kappa shape index (κ1) is 20.7. The number of benzene rings is 1. The van der Waals surface area contributed by atoms with Crippen LogP contribution >= 0.6 is 0 Å². The summed E-state index contributed by atoms with van der Waals surface area (Å²) in [5.41, 5.74) is 1.32. The molecule has 2 heterocycles. The Morgan fingerprint density at radius 3 is 2.86 bits per heavy atom. The van der Waals surface area contributed by atoms with Gasteiger partial charge in [-0.05, 0) is 63.0 Å². The fourth-order valence-electron chi connectivity index (χ4n) is 6.17. The third-order valence-corrected chi connectivity index (χ3v) is 7.51. The Balaban J connectivity index is 1.27. The number of amides is 1. The van der Waals surface area contributed by atoms with E-state index in [1.807, 2.05) is 6.07 Å². The van der Waals surface area contributed by atoms with Crippen molar-refractivity contribution in [3.8, 4) is 0 Å². The summed E-state index contributed by atoms with van der Waals surface area (Å²) < 4.78 is 6.00. The maximum Gasteiger partial charge on any atom is 0.407 e. The van der Waals surface area contributed by atoms with E-state index in [0.717, 1.165) is 31.2 Å². The van der Waals surface area contributed by atoms with Gasteiger partial charge in [-0.3, -0.25) is 4.90 Å². The van der Waals surface area contributed by atoms with Crippen molar-refractivity contribution in [2.24, 2.45) is 11.8 Å². The summed E-state index contributed by atoms with van der Waals surface area (Å²) in [6.45, 7) is 4.23. The third-order valence-electron chi connectivity index (χ3n) is 7.51. The van der Waals surface area contributed by atoms with Crippen molar-refractivity contribution in [1.82, 2.24) is 10.2 Å². The van der Waals surface area contributed by atoms with Crippen molar-refractivity contribution in [1.29, 1.82) is 0 Å². The third kappa shape index (κ3) is 4.96. The topological polar surface area (TPSA) is 41.6 Å². The summed E-state index contributed by atoms with van der Waals surface area (Å²) in [4.78, 5) is 15.3. The minimum absolute atomic E-state index is 0.117. The first-order valence-corrected chi connectivity index (χ1v) is 12.0. The number of fused-ring (bicyclic) bond motifs is 4. The number of hydrogen-bond acceptors (Lipinski definition) is 3. The number of unbranched alkanes of at least 4 members (excludes halogenated alkanes) is 1.